The van der Waals surface area contributed by atoms with Crippen LogP contribution in [0.1, 0.15) is 23.3 Å². The smallest absolute Gasteiger partial charge is 0.358 e. The lowest BCUT2D eigenvalue weighted by molar-refractivity contribution is 0.0224. The van der Waals surface area contributed by atoms with Crippen LogP contribution in [0.25, 0.3) is 0 Å². The van der Waals surface area contributed by atoms with Gasteiger partial charge in [-0.05, 0) is 25.9 Å². The van der Waals surface area contributed by atoms with Crippen molar-refractivity contribution >= 4 is 29.7 Å². The summed E-state index contributed by atoms with van der Waals surface area (Å²) in [7, 11) is 0. The Hall–Kier alpha value is -0.650. The van der Waals surface area contributed by atoms with Gasteiger partial charge in [0.2, 0.25) is 0 Å². The number of carbonyl (C=O) groups is 1. The summed E-state index contributed by atoms with van der Waals surface area (Å²) in [6, 6.07) is 0. The van der Waals surface area contributed by atoms with Crippen molar-refractivity contribution in [3.8, 4) is 0 Å². The van der Waals surface area contributed by atoms with Gasteiger partial charge in [0.15, 0.2) is 5.69 Å². The molecule has 0 amide bonds. The first kappa shape index (κ1) is 12.4. The zero-order valence-electron chi connectivity index (χ0n) is 8.14. The fourth-order valence-corrected chi connectivity index (χ4v) is 1.96. The summed E-state index contributed by atoms with van der Waals surface area (Å²) < 4.78 is 5.30. The van der Waals surface area contributed by atoms with Gasteiger partial charge in [-0.15, -0.1) is 23.7 Å². The van der Waals surface area contributed by atoms with Crippen LogP contribution in [-0.4, -0.2) is 30.1 Å². The highest BCUT2D eigenvalue weighted by Gasteiger charge is 2.19. The molecule has 1 saturated heterocycles. The number of nitrogens with one attached hydrogen (secondary N) is 1. The van der Waals surface area contributed by atoms with E-state index in [-0.39, 0.29) is 24.5 Å². The molecule has 4 nitrogen and oxygen atoms in total. The molecule has 0 bridgehead atoms. The Morgan fingerprint density at radius 1 is 1.53 bits per heavy atom. The van der Waals surface area contributed by atoms with Crippen LogP contribution in [-0.2, 0) is 4.74 Å². The second-order valence-electron chi connectivity index (χ2n) is 3.23. The first-order chi connectivity index (χ1) is 6.86. The monoisotopic (exact) mass is 248 g/mol. The highest BCUT2D eigenvalue weighted by Crippen LogP contribution is 2.11. The summed E-state index contributed by atoms with van der Waals surface area (Å²) in [5.74, 6) is -0.293. The number of thiazole rings is 1. The topological polar surface area (TPSA) is 51.2 Å². The molecule has 1 aromatic heterocycles. The number of ether oxygens (including phenoxy) is 1. The van der Waals surface area contributed by atoms with E-state index in [9.17, 15) is 4.79 Å². The molecule has 0 radical (unpaired) electrons. The maximum absolute atomic E-state index is 11.5. The Bertz CT molecular complexity index is 299. The normalized spacial score (nSPS) is 16.8. The Balaban J connectivity index is 0.00000112. The summed E-state index contributed by atoms with van der Waals surface area (Å²) in [5.41, 5.74) is 2.06. The van der Waals surface area contributed by atoms with E-state index in [0.29, 0.717) is 5.69 Å². The molecule has 0 atom stereocenters. The number of piperidine rings is 1. The second kappa shape index (κ2) is 6.05. The van der Waals surface area contributed by atoms with Gasteiger partial charge in [-0.25, -0.2) is 9.78 Å². The minimum atomic E-state index is -0.293. The van der Waals surface area contributed by atoms with Crippen LogP contribution < -0.4 is 5.32 Å². The Kier molecular flexibility index (Phi) is 5.01. The fraction of sp³-hybridized carbons (Fsp3) is 0.556. The summed E-state index contributed by atoms with van der Waals surface area (Å²) >= 11 is 1.41. The van der Waals surface area contributed by atoms with Crippen LogP contribution in [0.2, 0.25) is 0 Å². The average molecular weight is 249 g/mol. The molecule has 0 saturated carbocycles. The van der Waals surface area contributed by atoms with Gasteiger partial charge in [-0.1, -0.05) is 0 Å². The van der Waals surface area contributed by atoms with Gasteiger partial charge < -0.3 is 10.1 Å². The van der Waals surface area contributed by atoms with E-state index in [0.717, 1.165) is 25.9 Å². The van der Waals surface area contributed by atoms with Gasteiger partial charge in [0.1, 0.15) is 6.10 Å². The highest BCUT2D eigenvalue weighted by molar-refractivity contribution is 7.07. The summed E-state index contributed by atoms with van der Waals surface area (Å²) in [6.45, 7) is 1.85. The highest BCUT2D eigenvalue weighted by atomic mass is 35.5. The lowest BCUT2D eigenvalue weighted by atomic mass is 10.1. The molecule has 2 heterocycles. The minimum Gasteiger partial charge on any atom is -0.458 e. The molecule has 1 aliphatic heterocycles. The minimum absolute atomic E-state index is 0. The number of esters is 1. The van der Waals surface area contributed by atoms with Gasteiger partial charge in [0, 0.05) is 5.38 Å². The number of nitrogens with zero attached hydrogens (tertiary/aromatic N) is 1. The molecule has 0 aromatic carbocycles. The average Bonchev–Trinajstić information content (AvgIpc) is 2.72. The quantitative estimate of drug-likeness (QED) is 0.806. The number of rotatable bonds is 2. The number of halogens is 1. The van der Waals surface area contributed by atoms with E-state index in [1.54, 1.807) is 10.9 Å². The van der Waals surface area contributed by atoms with Gasteiger partial charge in [0.25, 0.3) is 0 Å². The molecular formula is C9H13ClN2O2S. The Morgan fingerprint density at radius 3 is 2.87 bits per heavy atom. The third-order valence-electron chi connectivity index (χ3n) is 2.20. The molecular weight excluding hydrogens is 236 g/mol. The maximum atomic E-state index is 11.5. The van der Waals surface area contributed by atoms with E-state index in [2.05, 4.69) is 10.3 Å². The van der Waals surface area contributed by atoms with Crippen LogP contribution in [0.3, 0.4) is 0 Å². The third-order valence-corrected chi connectivity index (χ3v) is 2.79. The molecule has 1 N–H and O–H groups in total. The van der Waals surface area contributed by atoms with Crippen molar-refractivity contribution < 1.29 is 9.53 Å². The molecule has 6 heteroatoms. The predicted molar refractivity (Wildman–Crippen MR) is 60.7 cm³/mol. The number of aromatic nitrogens is 1. The van der Waals surface area contributed by atoms with Gasteiger partial charge >= 0.3 is 5.97 Å². The van der Waals surface area contributed by atoms with E-state index in [1.165, 1.54) is 11.3 Å². The van der Waals surface area contributed by atoms with Crippen molar-refractivity contribution in [1.82, 2.24) is 10.3 Å². The van der Waals surface area contributed by atoms with Gasteiger partial charge in [-0.2, -0.15) is 0 Å². The first-order valence-corrected chi connectivity index (χ1v) is 5.60. The summed E-state index contributed by atoms with van der Waals surface area (Å²) in [6.07, 6.45) is 1.86. The van der Waals surface area contributed by atoms with Crippen molar-refractivity contribution in [3.05, 3.63) is 16.6 Å². The van der Waals surface area contributed by atoms with Crippen molar-refractivity contribution in [2.24, 2.45) is 0 Å². The fourth-order valence-electron chi connectivity index (χ4n) is 1.44. The molecule has 84 valence electrons. The molecule has 1 aromatic rings. The van der Waals surface area contributed by atoms with Crippen molar-refractivity contribution in [1.29, 1.82) is 0 Å². The molecule has 1 fully saturated rings. The van der Waals surface area contributed by atoms with Crippen molar-refractivity contribution in [2.75, 3.05) is 13.1 Å². The third kappa shape index (κ3) is 3.44. The number of hydrogen-bond acceptors (Lipinski definition) is 5. The van der Waals surface area contributed by atoms with E-state index in [1.807, 2.05) is 0 Å². The first-order valence-electron chi connectivity index (χ1n) is 4.66. The predicted octanol–water partition coefficient (Wildman–Crippen LogP) is 1.47. The van der Waals surface area contributed by atoms with Gasteiger partial charge in [-0.3, -0.25) is 0 Å². The SMILES string of the molecule is Cl.O=C(OC1CCNCC1)c1cscn1. The van der Waals surface area contributed by atoms with Crippen LogP contribution in [0, 0.1) is 0 Å². The molecule has 2 rings (SSSR count). The van der Waals surface area contributed by atoms with Crippen LogP contribution in [0.4, 0.5) is 0 Å². The molecule has 15 heavy (non-hydrogen) atoms. The lowest BCUT2D eigenvalue weighted by Gasteiger charge is -2.22. The van der Waals surface area contributed by atoms with E-state index in [4.69, 9.17) is 4.74 Å². The van der Waals surface area contributed by atoms with Crippen LogP contribution >= 0.6 is 23.7 Å². The standard InChI is InChI=1S/C9H12N2O2S.ClH/c12-9(8-5-14-6-11-8)13-7-1-3-10-4-2-7;/h5-7,10H,1-4H2;1H. The Labute approximate surface area is 98.5 Å². The maximum Gasteiger partial charge on any atom is 0.358 e. The van der Waals surface area contributed by atoms with Crippen molar-refractivity contribution in [2.45, 2.75) is 18.9 Å². The molecule has 0 aliphatic carbocycles. The summed E-state index contributed by atoms with van der Waals surface area (Å²) in [4.78, 5) is 15.4. The molecule has 1 aliphatic rings. The number of carbonyl (C=O) groups excluding carboxylic acids is 1. The number of hydrogen-bond donors (Lipinski definition) is 1. The largest absolute Gasteiger partial charge is 0.458 e. The van der Waals surface area contributed by atoms with Gasteiger partial charge in [0.05, 0.1) is 5.51 Å². The zero-order chi connectivity index (χ0) is 9.80. The van der Waals surface area contributed by atoms with Crippen LogP contribution in [0.15, 0.2) is 10.9 Å². The zero-order valence-corrected chi connectivity index (χ0v) is 9.77. The second-order valence-corrected chi connectivity index (χ2v) is 3.95. The Morgan fingerprint density at radius 2 is 2.27 bits per heavy atom. The van der Waals surface area contributed by atoms with E-state index >= 15 is 0 Å². The molecule has 0 unspecified atom stereocenters. The molecule has 0 spiro atoms. The van der Waals surface area contributed by atoms with Crippen LogP contribution in [0.5, 0.6) is 0 Å². The lowest BCUT2D eigenvalue weighted by Crippen LogP contribution is -2.33. The van der Waals surface area contributed by atoms with E-state index < -0.39 is 0 Å². The van der Waals surface area contributed by atoms with Crippen molar-refractivity contribution in [3.63, 3.8) is 0 Å². The summed E-state index contributed by atoms with van der Waals surface area (Å²) in [5, 5.41) is 4.93.